The molecule has 1 nitrogen and oxygen atoms in total. The predicted molar refractivity (Wildman–Crippen MR) is 84.5 cm³/mol. The van der Waals surface area contributed by atoms with E-state index in [2.05, 4.69) is 67.0 Å². The Morgan fingerprint density at radius 3 is 2.00 bits per heavy atom. The third-order valence-corrected chi connectivity index (χ3v) is 3.47. The highest BCUT2D eigenvalue weighted by atomic mass is 14.7. The van der Waals surface area contributed by atoms with E-state index in [4.69, 9.17) is 0 Å². The van der Waals surface area contributed by atoms with Crippen LogP contribution in [-0.4, -0.2) is 6.21 Å². The van der Waals surface area contributed by atoms with Gasteiger partial charge < -0.3 is 0 Å². The van der Waals surface area contributed by atoms with Crippen molar-refractivity contribution in [3.63, 3.8) is 0 Å². The summed E-state index contributed by atoms with van der Waals surface area (Å²) in [5.41, 5.74) is 2.25. The van der Waals surface area contributed by atoms with Gasteiger partial charge in [-0.1, -0.05) is 61.2 Å². The molecule has 0 spiro atoms. The molecule has 3 rings (SSSR count). The van der Waals surface area contributed by atoms with Crippen molar-refractivity contribution in [3.05, 3.63) is 66.7 Å². The van der Waals surface area contributed by atoms with Gasteiger partial charge in [0.2, 0.25) is 0 Å². The Labute approximate surface area is 112 Å². The molecule has 0 bridgehead atoms. The van der Waals surface area contributed by atoms with Crippen LogP contribution in [0.2, 0.25) is 0 Å². The molecule has 0 unspecified atom stereocenters. The van der Waals surface area contributed by atoms with Crippen molar-refractivity contribution in [2.24, 2.45) is 4.99 Å². The van der Waals surface area contributed by atoms with Gasteiger partial charge in [-0.25, -0.2) is 0 Å². The first-order chi connectivity index (χ1) is 9.33. The van der Waals surface area contributed by atoms with Gasteiger partial charge in [-0.05, 0) is 28.6 Å². The van der Waals surface area contributed by atoms with Gasteiger partial charge in [-0.3, -0.25) is 4.99 Å². The van der Waals surface area contributed by atoms with Gasteiger partial charge in [0.15, 0.2) is 0 Å². The zero-order valence-corrected chi connectivity index (χ0v) is 10.9. The van der Waals surface area contributed by atoms with E-state index in [0.717, 1.165) is 5.69 Å². The molecule has 0 amide bonds. The van der Waals surface area contributed by atoms with Gasteiger partial charge >= 0.3 is 0 Å². The molecular weight excluding hydrogens is 230 g/mol. The molecule has 0 aliphatic heterocycles. The van der Waals surface area contributed by atoms with E-state index in [-0.39, 0.29) is 0 Å². The molecule has 0 aromatic heterocycles. The lowest BCUT2D eigenvalue weighted by molar-refractivity contribution is 1.47. The first-order valence-corrected chi connectivity index (χ1v) is 6.38. The Bertz CT molecular complexity index is 797. The monoisotopic (exact) mass is 245 g/mol. The van der Waals surface area contributed by atoms with Crippen LogP contribution in [0.5, 0.6) is 0 Å². The standard InChI is InChI=1S/C18H15N/c1-3-12-19-18-13(2)14-8-4-5-9-15(14)16-10-6-7-11-17(16)18/h3-12H,1H2,2H3. The molecule has 0 fully saturated rings. The average Bonchev–Trinajstić information content (AvgIpc) is 2.47. The van der Waals surface area contributed by atoms with E-state index >= 15 is 0 Å². The second-order valence-electron chi connectivity index (χ2n) is 4.58. The number of nitrogens with zero attached hydrogens (tertiary/aromatic N) is 1. The van der Waals surface area contributed by atoms with Crippen LogP contribution in [0.4, 0.5) is 5.69 Å². The summed E-state index contributed by atoms with van der Waals surface area (Å²) in [4.78, 5) is 4.56. The number of rotatable bonds is 2. The number of allylic oxidation sites excluding steroid dienone is 1. The lowest BCUT2D eigenvalue weighted by Gasteiger charge is -2.11. The van der Waals surface area contributed by atoms with Gasteiger partial charge in [0, 0.05) is 11.6 Å². The molecule has 0 aliphatic carbocycles. The van der Waals surface area contributed by atoms with Gasteiger partial charge in [0.25, 0.3) is 0 Å². The number of hydrogen-bond acceptors (Lipinski definition) is 1. The van der Waals surface area contributed by atoms with Crippen molar-refractivity contribution in [1.29, 1.82) is 0 Å². The summed E-state index contributed by atoms with van der Waals surface area (Å²) in [5.74, 6) is 0. The maximum atomic E-state index is 4.56. The highest BCUT2D eigenvalue weighted by molar-refractivity contribution is 6.14. The lowest BCUT2D eigenvalue weighted by atomic mass is 9.96. The number of hydrogen-bond donors (Lipinski definition) is 0. The second kappa shape index (κ2) is 4.69. The molecule has 0 aliphatic rings. The van der Waals surface area contributed by atoms with Crippen molar-refractivity contribution < 1.29 is 0 Å². The fraction of sp³-hybridized carbons (Fsp3) is 0.0556. The van der Waals surface area contributed by atoms with Crippen LogP contribution in [0.3, 0.4) is 0 Å². The zero-order valence-electron chi connectivity index (χ0n) is 10.9. The quantitative estimate of drug-likeness (QED) is 0.435. The van der Waals surface area contributed by atoms with Gasteiger partial charge in [-0.15, -0.1) is 0 Å². The first-order valence-electron chi connectivity index (χ1n) is 6.38. The number of fused-ring (bicyclic) bond motifs is 3. The third kappa shape index (κ3) is 1.84. The number of aliphatic imine (C=N–C) groups is 1. The van der Waals surface area contributed by atoms with Gasteiger partial charge in [0.05, 0.1) is 5.69 Å². The fourth-order valence-electron chi connectivity index (χ4n) is 2.59. The molecule has 1 heteroatoms. The lowest BCUT2D eigenvalue weighted by Crippen LogP contribution is -1.84. The summed E-state index contributed by atoms with van der Waals surface area (Å²) in [7, 11) is 0. The Balaban J connectivity index is 2.54. The Morgan fingerprint density at radius 1 is 0.842 bits per heavy atom. The van der Waals surface area contributed by atoms with Crippen LogP contribution in [0, 0.1) is 6.92 Å². The molecule has 0 heterocycles. The molecular formula is C18H15N. The SMILES string of the molecule is C=CC=Nc1c(C)c2ccccc2c2ccccc12. The molecule has 0 saturated carbocycles. The minimum Gasteiger partial charge on any atom is -0.256 e. The minimum atomic E-state index is 1.04. The molecule has 3 aromatic rings. The van der Waals surface area contributed by atoms with Crippen molar-refractivity contribution in [2.45, 2.75) is 6.92 Å². The molecule has 3 aromatic carbocycles. The summed E-state index contributed by atoms with van der Waals surface area (Å²) in [6.45, 7) is 5.83. The van der Waals surface area contributed by atoms with Crippen molar-refractivity contribution in [3.8, 4) is 0 Å². The average molecular weight is 245 g/mol. The third-order valence-electron chi connectivity index (χ3n) is 3.47. The van der Waals surface area contributed by atoms with Crippen LogP contribution in [0.15, 0.2) is 66.2 Å². The first kappa shape index (κ1) is 11.7. The second-order valence-corrected chi connectivity index (χ2v) is 4.58. The Morgan fingerprint density at radius 2 is 1.37 bits per heavy atom. The molecule has 0 radical (unpaired) electrons. The Hall–Kier alpha value is -2.41. The van der Waals surface area contributed by atoms with E-state index in [0.29, 0.717) is 0 Å². The van der Waals surface area contributed by atoms with Crippen LogP contribution in [0.1, 0.15) is 5.56 Å². The van der Waals surface area contributed by atoms with E-state index in [9.17, 15) is 0 Å². The van der Waals surface area contributed by atoms with Crippen molar-refractivity contribution >= 4 is 33.4 Å². The van der Waals surface area contributed by atoms with Crippen LogP contribution >= 0.6 is 0 Å². The van der Waals surface area contributed by atoms with E-state index in [1.54, 1.807) is 12.3 Å². The normalized spacial score (nSPS) is 11.4. The summed E-state index contributed by atoms with van der Waals surface area (Å²) in [5, 5.41) is 4.99. The largest absolute Gasteiger partial charge is 0.256 e. The highest BCUT2D eigenvalue weighted by Crippen LogP contribution is 2.37. The fourth-order valence-corrected chi connectivity index (χ4v) is 2.59. The number of benzene rings is 3. The topological polar surface area (TPSA) is 12.4 Å². The molecule has 0 N–H and O–H groups in total. The molecule has 0 saturated heterocycles. The number of aryl methyl sites for hydroxylation is 1. The highest BCUT2D eigenvalue weighted by Gasteiger charge is 2.09. The van der Waals surface area contributed by atoms with Crippen molar-refractivity contribution in [2.75, 3.05) is 0 Å². The summed E-state index contributed by atoms with van der Waals surface area (Å²) >= 11 is 0. The van der Waals surface area contributed by atoms with E-state index in [1.165, 1.54) is 27.1 Å². The smallest absolute Gasteiger partial charge is 0.0743 e. The molecule has 19 heavy (non-hydrogen) atoms. The Kier molecular flexibility index (Phi) is 2.88. The van der Waals surface area contributed by atoms with Gasteiger partial charge in [-0.2, -0.15) is 0 Å². The van der Waals surface area contributed by atoms with Crippen LogP contribution in [0.25, 0.3) is 21.5 Å². The van der Waals surface area contributed by atoms with Crippen LogP contribution in [-0.2, 0) is 0 Å². The maximum Gasteiger partial charge on any atom is 0.0743 e. The van der Waals surface area contributed by atoms with Gasteiger partial charge in [0.1, 0.15) is 0 Å². The molecule has 0 atom stereocenters. The van der Waals surface area contributed by atoms with E-state index in [1.807, 2.05) is 0 Å². The summed E-state index contributed by atoms with van der Waals surface area (Å²) in [6, 6.07) is 16.9. The zero-order chi connectivity index (χ0) is 13.2. The summed E-state index contributed by atoms with van der Waals surface area (Å²) < 4.78 is 0. The summed E-state index contributed by atoms with van der Waals surface area (Å²) in [6.07, 6.45) is 3.47. The predicted octanol–water partition coefficient (Wildman–Crippen LogP) is 5.19. The van der Waals surface area contributed by atoms with Crippen molar-refractivity contribution in [1.82, 2.24) is 0 Å². The van der Waals surface area contributed by atoms with Crippen LogP contribution < -0.4 is 0 Å². The maximum absolute atomic E-state index is 4.56. The van der Waals surface area contributed by atoms with E-state index < -0.39 is 0 Å². The minimum absolute atomic E-state index is 1.04. The molecule has 92 valence electrons.